The van der Waals surface area contributed by atoms with E-state index >= 15 is 0 Å². The summed E-state index contributed by atoms with van der Waals surface area (Å²) in [4.78, 5) is 22.8. The van der Waals surface area contributed by atoms with Gasteiger partial charge in [0, 0.05) is 44.5 Å². The quantitative estimate of drug-likeness (QED) is 0.831. The molecule has 23 heavy (non-hydrogen) atoms. The minimum atomic E-state index is -0.188. The fraction of sp³-hybridized carbons (Fsp3) is 0.600. The van der Waals surface area contributed by atoms with Crippen LogP contribution < -0.4 is 0 Å². The SMILES string of the molecule is COCCC1(c2noc(C)n2)CCN(C(=O)c2cscn2)CC1. The fourth-order valence-corrected chi connectivity index (χ4v) is 3.54. The van der Waals surface area contributed by atoms with Gasteiger partial charge in [-0.05, 0) is 19.3 Å². The van der Waals surface area contributed by atoms with Gasteiger partial charge in [0.2, 0.25) is 5.89 Å². The van der Waals surface area contributed by atoms with E-state index in [4.69, 9.17) is 9.26 Å². The molecule has 1 aliphatic rings. The smallest absolute Gasteiger partial charge is 0.273 e. The summed E-state index contributed by atoms with van der Waals surface area (Å²) >= 11 is 1.43. The first kappa shape index (κ1) is 16.1. The lowest BCUT2D eigenvalue weighted by atomic mass is 9.75. The van der Waals surface area contributed by atoms with Crippen molar-refractivity contribution in [3.8, 4) is 0 Å². The van der Waals surface area contributed by atoms with E-state index in [2.05, 4.69) is 15.1 Å². The van der Waals surface area contributed by atoms with Crippen molar-refractivity contribution in [2.24, 2.45) is 0 Å². The number of aryl methyl sites for hydroxylation is 1. The van der Waals surface area contributed by atoms with Gasteiger partial charge in [-0.15, -0.1) is 11.3 Å². The Morgan fingerprint density at radius 1 is 1.48 bits per heavy atom. The van der Waals surface area contributed by atoms with Crippen LogP contribution in [0, 0.1) is 6.92 Å². The number of piperidine rings is 1. The Balaban J connectivity index is 1.73. The van der Waals surface area contributed by atoms with E-state index in [-0.39, 0.29) is 11.3 Å². The Bertz CT molecular complexity index is 647. The highest BCUT2D eigenvalue weighted by molar-refractivity contribution is 7.07. The lowest BCUT2D eigenvalue weighted by molar-refractivity contribution is 0.0611. The second-order valence-electron chi connectivity index (χ2n) is 5.83. The molecule has 8 heteroatoms. The third kappa shape index (κ3) is 3.28. The minimum absolute atomic E-state index is 0.00381. The number of carbonyl (C=O) groups is 1. The van der Waals surface area contributed by atoms with Gasteiger partial charge in [0.15, 0.2) is 5.82 Å². The van der Waals surface area contributed by atoms with Crippen LogP contribution in [0.25, 0.3) is 0 Å². The van der Waals surface area contributed by atoms with Crippen molar-refractivity contribution in [1.82, 2.24) is 20.0 Å². The molecule has 0 N–H and O–H groups in total. The van der Waals surface area contributed by atoms with Crippen LogP contribution in [0.4, 0.5) is 0 Å². The molecule has 1 fully saturated rings. The average molecular weight is 336 g/mol. The molecule has 3 heterocycles. The predicted octanol–water partition coefficient (Wildman–Crippen LogP) is 2.05. The van der Waals surface area contributed by atoms with Crippen LogP contribution in [0.1, 0.15) is 41.5 Å². The van der Waals surface area contributed by atoms with E-state index in [0.717, 1.165) is 25.1 Å². The number of aromatic nitrogens is 3. The maximum atomic E-state index is 12.4. The summed E-state index contributed by atoms with van der Waals surface area (Å²) in [5.41, 5.74) is 2.02. The van der Waals surface area contributed by atoms with E-state index in [1.165, 1.54) is 11.3 Å². The van der Waals surface area contributed by atoms with Crippen LogP contribution in [-0.4, -0.2) is 52.7 Å². The summed E-state index contributed by atoms with van der Waals surface area (Å²) in [6.45, 7) is 3.75. The summed E-state index contributed by atoms with van der Waals surface area (Å²) in [7, 11) is 1.69. The van der Waals surface area contributed by atoms with Gasteiger partial charge >= 0.3 is 0 Å². The molecular weight excluding hydrogens is 316 g/mol. The number of amides is 1. The van der Waals surface area contributed by atoms with Crippen LogP contribution in [0.5, 0.6) is 0 Å². The summed E-state index contributed by atoms with van der Waals surface area (Å²) in [6.07, 6.45) is 2.41. The van der Waals surface area contributed by atoms with Gasteiger partial charge in [0.1, 0.15) is 5.69 Å². The summed E-state index contributed by atoms with van der Waals surface area (Å²) < 4.78 is 10.4. The third-order valence-electron chi connectivity index (χ3n) is 4.45. The van der Waals surface area contributed by atoms with Crippen molar-refractivity contribution in [1.29, 1.82) is 0 Å². The Morgan fingerprint density at radius 3 is 2.83 bits per heavy atom. The molecule has 0 unspecified atom stereocenters. The Morgan fingerprint density at radius 2 is 2.26 bits per heavy atom. The van der Waals surface area contributed by atoms with Crippen molar-refractivity contribution in [3.05, 3.63) is 28.3 Å². The van der Waals surface area contributed by atoms with Crippen molar-refractivity contribution >= 4 is 17.2 Å². The van der Waals surface area contributed by atoms with Crippen molar-refractivity contribution in [2.45, 2.75) is 31.6 Å². The normalized spacial score (nSPS) is 17.4. The second kappa shape index (κ2) is 6.76. The first-order valence-corrected chi connectivity index (χ1v) is 8.56. The maximum absolute atomic E-state index is 12.4. The zero-order chi connectivity index (χ0) is 16.3. The Kier molecular flexibility index (Phi) is 4.72. The van der Waals surface area contributed by atoms with E-state index in [9.17, 15) is 4.79 Å². The van der Waals surface area contributed by atoms with Gasteiger partial charge in [-0.2, -0.15) is 4.98 Å². The van der Waals surface area contributed by atoms with Crippen LogP contribution in [0.15, 0.2) is 15.4 Å². The van der Waals surface area contributed by atoms with Gasteiger partial charge in [0.25, 0.3) is 5.91 Å². The second-order valence-corrected chi connectivity index (χ2v) is 6.54. The molecule has 0 aromatic carbocycles. The standard InChI is InChI=1S/C15H20N4O3S/c1-11-17-14(18-22-11)15(5-8-21-2)3-6-19(7-4-15)13(20)12-9-23-10-16-12/h9-10H,3-8H2,1-2H3. The molecule has 2 aromatic rings. The molecule has 124 valence electrons. The molecular formula is C15H20N4O3S. The summed E-state index contributed by atoms with van der Waals surface area (Å²) in [6, 6.07) is 0. The number of carbonyl (C=O) groups excluding carboxylic acids is 1. The highest BCUT2D eigenvalue weighted by Gasteiger charge is 2.41. The molecule has 0 radical (unpaired) electrons. The highest BCUT2D eigenvalue weighted by atomic mass is 32.1. The molecule has 7 nitrogen and oxygen atoms in total. The number of nitrogens with zero attached hydrogens (tertiary/aromatic N) is 4. The summed E-state index contributed by atoms with van der Waals surface area (Å²) in [5.74, 6) is 1.29. The molecule has 2 aromatic heterocycles. The largest absolute Gasteiger partial charge is 0.385 e. The lowest BCUT2D eigenvalue weighted by Crippen LogP contribution is -2.46. The molecule has 0 bridgehead atoms. The summed E-state index contributed by atoms with van der Waals surface area (Å²) in [5, 5.41) is 5.92. The van der Waals surface area contributed by atoms with Crippen molar-refractivity contribution in [3.63, 3.8) is 0 Å². The zero-order valence-electron chi connectivity index (χ0n) is 13.3. The van der Waals surface area contributed by atoms with Crippen LogP contribution in [0.3, 0.4) is 0 Å². The lowest BCUT2D eigenvalue weighted by Gasteiger charge is -2.39. The number of hydrogen-bond acceptors (Lipinski definition) is 7. The number of thiazole rings is 1. The van der Waals surface area contributed by atoms with Crippen LogP contribution in [-0.2, 0) is 10.2 Å². The number of likely N-dealkylation sites (tertiary alicyclic amines) is 1. The monoisotopic (exact) mass is 336 g/mol. The molecule has 1 aliphatic heterocycles. The number of rotatable bonds is 5. The molecule has 0 spiro atoms. The Labute approximate surface area is 138 Å². The van der Waals surface area contributed by atoms with E-state index in [1.807, 2.05) is 4.90 Å². The molecule has 0 atom stereocenters. The molecule has 1 amide bonds. The first-order chi connectivity index (χ1) is 11.1. The minimum Gasteiger partial charge on any atom is -0.385 e. The van der Waals surface area contributed by atoms with Gasteiger partial charge in [-0.25, -0.2) is 4.98 Å². The van der Waals surface area contributed by atoms with Crippen LogP contribution >= 0.6 is 11.3 Å². The molecule has 3 rings (SSSR count). The van der Waals surface area contributed by atoms with Gasteiger partial charge in [0.05, 0.1) is 5.51 Å². The van der Waals surface area contributed by atoms with Gasteiger partial charge in [-0.1, -0.05) is 5.16 Å². The van der Waals surface area contributed by atoms with E-state index in [1.54, 1.807) is 24.9 Å². The van der Waals surface area contributed by atoms with Crippen molar-refractivity contribution in [2.75, 3.05) is 26.8 Å². The fourth-order valence-electron chi connectivity index (χ4n) is 3.02. The molecule has 0 aliphatic carbocycles. The Hall–Kier alpha value is -1.80. The number of hydrogen-bond donors (Lipinski definition) is 0. The van der Waals surface area contributed by atoms with E-state index in [0.29, 0.717) is 31.3 Å². The molecule has 0 saturated carbocycles. The number of ether oxygens (including phenoxy) is 1. The third-order valence-corrected chi connectivity index (χ3v) is 5.03. The average Bonchev–Trinajstić information content (AvgIpc) is 3.24. The van der Waals surface area contributed by atoms with Crippen molar-refractivity contribution < 1.29 is 14.1 Å². The van der Waals surface area contributed by atoms with Gasteiger partial charge < -0.3 is 14.2 Å². The maximum Gasteiger partial charge on any atom is 0.273 e. The first-order valence-electron chi connectivity index (χ1n) is 7.62. The number of methoxy groups -OCH3 is 1. The highest BCUT2D eigenvalue weighted by Crippen LogP contribution is 2.37. The topological polar surface area (TPSA) is 81.4 Å². The predicted molar refractivity (Wildman–Crippen MR) is 84.5 cm³/mol. The van der Waals surface area contributed by atoms with E-state index < -0.39 is 0 Å². The zero-order valence-corrected chi connectivity index (χ0v) is 14.1. The van der Waals surface area contributed by atoms with Crippen LogP contribution in [0.2, 0.25) is 0 Å². The van der Waals surface area contributed by atoms with Gasteiger partial charge in [-0.3, -0.25) is 4.79 Å². The molecule has 1 saturated heterocycles.